The summed E-state index contributed by atoms with van der Waals surface area (Å²) in [6.45, 7) is 4.01. The number of anilines is 2. The van der Waals surface area contributed by atoms with Crippen LogP contribution in [0.4, 0.5) is 16.2 Å². The third-order valence-electron chi connectivity index (χ3n) is 2.77. The number of aliphatic hydroxyl groups is 1. The Kier molecular flexibility index (Phi) is 6.74. The number of aromatic nitrogens is 3. The molecule has 0 aromatic carbocycles. The molecule has 2 aromatic heterocycles. The fourth-order valence-electron chi connectivity index (χ4n) is 1.73. The Labute approximate surface area is 123 Å². The summed E-state index contributed by atoms with van der Waals surface area (Å²) >= 11 is 0. The lowest BCUT2D eigenvalue weighted by atomic mass is 10.1. The molecule has 2 heterocycles. The third-order valence-corrected chi connectivity index (χ3v) is 2.77. The number of aliphatic hydroxyl groups excluding tert-OH is 1. The van der Waals surface area contributed by atoms with Crippen LogP contribution in [0.5, 0.6) is 0 Å². The fraction of sp³-hybridized carbons (Fsp3) is 0.500. The summed E-state index contributed by atoms with van der Waals surface area (Å²) in [5.41, 5.74) is 11.5. The first-order chi connectivity index (χ1) is 9.93. The van der Waals surface area contributed by atoms with Crippen LogP contribution in [0.2, 0.25) is 0 Å². The van der Waals surface area contributed by atoms with Gasteiger partial charge in [0.15, 0.2) is 5.82 Å². The molecule has 0 bridgehead atoms. The first kappa shape index (κ1) is 17.0. The Balaban J connectivity index is 0.000000240. The molecule has 6 nitrogen and oxygen atoms in total. The summed E-state index contributed by atoms with van der Waals surface area (Å²) in [6.07, 6.45) is 5.60. The number of nitrogen functional groups attached to an aromatic ring is 2. The van der Waals surface area contributed by atoms with Gasteiger partial charge >= 0.3 is 0 Å². The molecule has 0 amide bonds. The molecule has 0 radical (unpaired) electrons. The molecule has 5 N–H and O–H groups in total. The van der Waals surface area contributed by atoms with Gasteiger partial charge in [0.1, 0.15) is 11.3 Å². The van der Waals surface area contributed by atoms with Gasteiger partial charge in [-0.15, -0.1) is 0 Å². The number of fused-ring (bicyclic) bond motifs is 1. The van der Waals surface area contributed by atoms with Gasteiger partial charge in [-0.1, -0.05) is 26.2 Å². The zero-order chi connectivity index (χ0) is 15.8. The van der Waals surface area contributed by atoms with Gasteiger partial charge in [0.2, 0.25) is 5.95 Å². The van der Waals surface area contributed by atoms with E-state index in [9.17, 15) is 4.39 Å². The predicted molar refractivity (Wildman–Crippen MR) is 81.9 cm³/mol. The molecular weight excluding hydrogens is 273 g/mol. The van der Waals surface area contributed by atoms with E-state index in [0.29, 0.717) is 11.0 Å². The van der Waals surface area contributed by atoms with Gasteiger partial charge in [0.05, 0.1) is 17.8 Å². The van der Waals surface area contributed by atoms with Crippen LogP contribution in [-0.4, -0.2) is 26.2 Å². The van der Waals surface area contributed by atoms with Crippen LogP contribution < -0.4 is 11.5 Å². The van der Waals surface area contributed by atoms with Crippen LogP contribution in [-0.2, 0) is 0 Å². The van der Waals surface area contributed by atoms with Crippen LogP contribution in [0.15, 0.2) is 12.3 Å². The summed E-state index contributed by atoms with van der Waals surface area (Å²) in [7, 11) is 0. The number of nitrogens with two attached hydrogens (primary N) is 2. The highest BCUT2D eigenvalue weighted by molar-refractivity contribution is 5.84. The van der Waals surface area contributed by atoms with Crippen molar-refractivity contribution in [2.24, 2.45) is 0 Å². The highest BCUT2D eigenvalue weighted by atomic mass is 19.1. The Morgan fingerprint density at radius 1 is 1.29 bits per heavy atom. The number of hydrogen-bond donors (Lipinski definition) is 3. The Morgan fingerprint density at radius 2 is 2.00 bits per heavy atom. The molecule has 0 fully saturated rings. The van der Waals surface area contributed by atoms with Gasteiger partial charge in [-0.2, -0.15) is 4.98 Å². The average Bonchev–Trinajstić information content (AvgIpc) is 2.38. The predicted octanol–water partition coefficient (Wildman–Crippen LogP) is 2.28. The second kappa shape index (κ2) is 8.31. The minimum absolute atomic E-state index is 0.0115. The van der Waals surface area contributed by atoms with Gasteiger partial charge in [-0.25, -0.2) is 14.4 Å². The Hall–Kier alpha value is -2.02. The molecule has 2 rings (SSSR count). The molecule has 0 aliphatic rings. The molecule has 0 saturated heterocycles. The quantitative estimate of drug-likeness (QED) is 0.746. The topological polar surface area (TPSA) is 111 Å². The van der Waals surface area contributed by atoms with Crippen LogP contribution >= 0.6 is 0 Å². The van der Waals surface area contributed by atoms with Crippen molar-refractivity contribution in [3.63, 3.8) is 0 Å². The van der Waals surface area contributed by atoms with Crippen molar-refractivity contribution >= 4 is 22.8 Å². The minimum Gasteiger partial charge on any atom is -0.393 e. The second-order valence-corrected chi connectivity index (χ2v) is 4.83. The van der Waals surface area contributed by atoms with Crippen LogP contribution in [0.3, 0.4) is 0 Å². The minimum atomic E-state index is -0.481. The van der Waals surface area contributed by atoms with Crippen molar-refractivity contribution in [3.05, 3.63) is 18.1 Å². The molecule has 0 spiro atoms. The maximum Gasteiger partial charge on any atom is 0.222 e. The van der Waals surface area contributed by atoms with Gasteiger partial charge < -0.3 is 16.6 Å². The molecule has 1 unspecified atom stereocenters. The maximum absolute atomic E-state index is 12.7. The summed E-state index contributed by atoms with van der Waals surface area (Å²) < 4.78 is 12.7. The molecule has 0 aliphatic carbocycles. The molecule has 0 saturated carbocycles. The molecule has 1 atom stereocenters. The van der Waals surface area contributed by atoms with E-state index in [2.05, 4.69) is 21.9 Å². The first-order valence-corrected chi connectivity index (χ1v) is 6.96. The zero-order valence-electron chi connectivity index (χ0n) is 12.4. The number of halogens is 1. The van der Waals surface area contributed by atoms with Crippen molar-refractivity contribution in [2.45, 2.75) is 45.6 Å². The fourth-order valence-corrected chi connectivity index (χ4v) is 1.73. The second-order valence-electron chi connectivity index (χ2n) is 4.83. The average molecular weight is 295 g/mol. The number of rotatable bonds is 4. The van der Waals surface area contributed by atoms with E-state index in [1.165, 1.54) is 25.3 Å². The van der Waals surface area contributed by atoms with E-state index in [0.717, 1.165) is 12.6 Å². The van der Waals surface area contributed by atoms with Crippen molar-refractivity contribution in [1.82, 2.24) is 15.0 Å². The molecule has 0 aliphatic heterocycles. The van der Waals surface area contributed by atoms with E-state index in [-0.39, 0.29) is 17.9 Å². The van der Waals surface area contributed by atoms with Gasteiger partial charge in [0.25, 0.3) is 0 Å². The van der Waals surface area contributed by atoms with Crippen molar-refractivity contribution in [2.75, 3.05) is 11.5 Å². The largest absolute Gasteiger partial charge is 0.393 e. The van der Waals surface area contributed by atoms with Gasteiger partial charge in [-0.3, -0.25) is 0 Å². The standard InChI is InChI=1S/C7H6FN5.C7H16O/c8-3-1-4-5(11-2-3)6(9)13-7(10)12-4;1-3-4-5-6-7(2)8/h1-2H,(H4,9,10,12,13);7-8H,3-6H2,1-2H3. The number of nitrogens with zero attached hydrogens (tertiary/aromatic N) is 3. The lowest BCUT2D eigenvalue weighted by Gasteiger charge is -2.00. The summed E-state index contributed by atoms with van der Waals surface area (Å²) in [5.74, 6) is -0.315. The van der Waals surface area contributed by atoms with E-state index in [4.69, 9.17) is 16.6 Å². The van der Waals surface area contributed by atoms with Gasteiger partial charge in [0, 0.05) is 6.07 Å². The number of hydrogen-bond acceptors (Lipinski definition) is 6. The molecular formula is C14H22FN5O. The molecule has 2 aromatic rings. The lowest BCUT2D eigenvalue weighted by molar-refractivity contribution is 0.180. The molecule has 116 valence electrons. The Morgan fingerprint density at radius 3 is 2.62 bits per heavy atom. The summed E-state index contributed by atoms with van der Waals surface area (Å²) in [6, 6.07) is 1.21. The van der Waals surface area contributed by atoms with E-state index >= 15 is 0 Å². The monoisotopic (exact) mass is 295 g/mol. The van der Waals surface area contributed by atoms with E-state index in [1.807, 2.05) is 6.92 Å². The van der Waals surface area contributed by atoms with Gasteiger partial charge in [-0.05, 0) is 13.3 Å². The normalized spacial score (nSPS) is 11.8. The number of unbranched alkanes of at least 4 members (excludes halogenated alkanes) is 2. The van der Waals surface area contributed by atoms with E-state index < -0.39 is 5.82 Å². The SMILES string of the molecule is CCCCCC(C)O.Nc1nc(N)c2ncc(F)cc2n1. The maximum atomic E-state index is 12.7. The summed E-state index contributed by atoms with van der Waals surface area (Å²) in [4.78, 5) is 11.2. The molecule has 7 heteroatoms. The Bertz CT molecular complexity index is 571. The molecule has 21 heavy (non-hydrogen) atoms. The van der Waals surface area contributed by atoms with Crippen LogP contribution in [0.1, 0.15) is 39.5 Å². The van der Waals surface area contributed by atoms with Crippen molar-refractivity contribution < 1.29 is 9.50 Å². The van der Waals surface area contributed by atoms with Crippen molar-refractivity contribution in [3.8, 4) is 0 Å². The lowest BCUT2D eigenvalue weighted by Crippen LogP contribution is -2.01. The van der Waals surface area contributed by atoms with Crippen molar-refractivity contribution in [1.29, 1.82) is 0 Å². The van der Waals surface area contributed by atoms with Crippen LogP contribution in [0, 0.1) is 5.82 Å². The smallest absolute Gasteiger partial charge is 0.222 e. The summed E-state index contributed by atoms with van der Waals surface area (Å²) in [5, 5.41) is 8.78. The highest BCUT2D eigenvalue weighted by Crippen LogP contribution is 2.16. The highest BCUT2D eigenvalue weighted by Gasteiger charge is 2.04. The van der Waals surface area contributed by atoms with Crippen LogP contribution in [0.25, 0.3) is 11.0 Å². The zero-order valence-corrected chi connectivity index (χ0v) is 12.4. The first-order valence-electron chi connectivity index (χ1n) is 6.96. The van der Waals surface area contributed by atoms with E-state index in [1.54, 1.807) is 0 Å². The third kappa shape index (κ3) is 5.86. The number of pyridine rings is 1.